The van der Waals surface area contributed by atoms with E-state index in [4.69, 9.17) is 0 Å². The third-order valence-corrected chi connectivity index (χ3v) is 4.57. The molecule has 1 saturated carbocycles. The van der Waals surface area contributed by atoms with Gasteiger partial charge in [-0.15, -0.1) is 12.4 Å². The van der Waals surface area contributed by atoms with Crippen molar-refractivity contribution >= 4 is 12.4 Å². The van der Waals surface area contributed by atoms with Crippen LogP contribution in [0.1, 0.15) is 50.0 Å². The SMILES string of the molecule is Cl.c1ccc(C2CCCCC2N2CCCC2)cc1. The van der Waals surface area contributed by atoms with Gasteiger partial charge < -0.3 is 0 Å². The van der Waals surface area contributed by atoms with E-state index in [9.17, 15) is 0 Å². The van der Waals surface area contributed by atoms with E-state index in [2.05, 4.69) is 35.2 Å². The monoisotopic (exact) mass is 265 g/mol. The summed E-state index contributed by atoms with van der Waals surface area (Å²) in [6.07, 6.45) is 8.50. The van der Waals surface area contributed by atoms with E-state index in [1.807, 2.05) is 0 Å². The van der Waals surface area contributed by atoms with Gasteiger partial charge in [-0.2, -0.15) is 0 Å². The standard InChI is InChI=1S/C16H23N.ClH/c1-2-8-14(9-3-1)15-10-4-5-11-16(15)17-12-6-7-13-17;/h1-3,8-9,15-16H,4-7,10-13H2;1H. The first kappa shape index (κ1) is 13.9. The lowest BCUT2D eigenvalue weighted by atomic mass is 9.79. The average Bonchev–Trinajstić information content (AvgIpc) is 2.94. The first-order valence-corrected chi connectivity index (χ1v) is 7.24. The van der Waals surface area contributed by atoms with E-state index < -0.39 is 0 Å². The van der Waals surface area contributed by atoms with Crippen molar-refractivity contribution in [1.29, 1.82) is 0 Å². The molecule has 0 bridgehead atoms. The van der Waals surface area contributed by atoms with Crippen LogP contribution in [0.5, 0.6) is 0 Å². The molecule has 2 heteroatoms. The fourth-order valence-electron chi connectivity index (χ4n) is 3.71. The normalized spacial score (nSPS) is 28.9. The molecule has 2 atom stereocenters. The molecule has 0 N–H and O–H groups in total. The van der Waals surface area contributed by atoms with E-state index in [1.54, 1.807) is 5.56 Å². The third kappa shape index (κ3) is 2.89. The van der Waals surface area contributed by atoms with Gasteiger partial charge in [-0.05, 0) is 50.3 Å². The highest BCUT2D eigenvalue weighted by Gasteiger charge is 2.32. The lowest BCUT2D eigenvalue weighted by Gasteiger charge is -2.38. The summed E-state index contributed by atoms with van der Waals surface area (Å²) < 4.78 is 0. The maximum atomic E-state index is 2.76. The summed E-state index contributed by atoms with van der Waals surface area (Å²) in [7, 11) is 0. The molecule has 18 heavy (non-hydrogen) atoms. The van der Waals surface area contributed by atoms with Crippen molar-refractivity contribution in [1.82, 2.24) is 4.90 Å². The molecular formula is C16H24ClN. The molecule has 1 nitrogen and oxygen atoms in total. The van der Waals surface area contributed by atoms with Gasteiger partial charge in [0.2, 0.25) is 0 Å². The minimum absolute atomic E-state index is 0. The molecule has 1 saturated heterocycles. The van der Waals surface area contributed by atoms with Crippen molar-refractivity contribution in [2.75, 3.05) is 13.1 Å². The van der Waals surface area contributed by atoms with Crippen LogP contribution in [0.4, 0.5) is 0 Å². The summed E-state index contributed by atoms with van der Waals surface area (Å²) in [5.41, 5.74) is 1.57. The molecule has 2 fully saturated rings. The van der Waals surface area contributed by atoms with Crippen LogP contribution in [0.3, 0.4) is 0 Å². The van der Waals surface area contributed by atoms with Gasteiger partial charge in [-0.3, -0.25) is 4.90 Å². The first-order valence-electron chi connectivity index (χ1n) is 7.24. The van der Waals surface area contributed by atoms with Gasteiger partial charge in [0.1, 0.15) is 0 Å². The average molecular weight is 266 g/mol. The van der Waals surface area contributed by atoms with Crippen LogP contribution in [-0.2, 0) is 0 Å². The van der Waals surface area contributed by atoms with Crippen LogP contribution in [0.25, 0.3) is 0 Å². The summed E-state index contributed by atoms with van der Waals surface area (Å²) >= 11 is 0. The summed E-state index contributed by atoms with van der Waals surface area (Å²) in [6.45, 7) is 2.68. The molecule has 0 radical (unpaired) electrons. The number of likely N-dealkylation sites (tertiary alicyclic amines) is 1. The van der Waals surface area contributed by atoms with Gasteiger partial charge in [0, 0.05) is 6.04 Å². The fourth-order valence-corrected chi connectivity index (χ4v) is 3.71. The van der Waals surface area contributed by atoms with Crippen LogP contribution >= 0.6 is 12.4 Å². The Morgan fingerprint density at radius 1 is 0.833 bits per heavy atom. The maximum Gasteiger partial charge on any atom is 0.0164 e. The molecule has 1 aromatic carbocycles. The van der Waals surface area contributed by atoms with E-state index >= 15 is 0 Å². The topological polar surface area (TPSA) is 3.24 Å². The zero-order valence-electron chi connectivity index (χ0n) is 11.1. The number of halogens is 1. The van der Waals surface area contributed by atoms with Crippen LogP contribution in [-0.4, -0.2) is 24.0 Å². The number of rotatable bonds is 2. The van der Waals surface area contributed by atoms with Gasteiger partial charge in [-0.25, -0.2) is 0 Å². The molecule has 1 aromatic rings. The quantitative estimate of drug-likeness (QED) is 0.774. The minimum atomic E-state index is 0. The molecule has 2 unspecified atom stereocenters. The smallest absolute Gasteiger partial charge is 0.0164 e. The fraction of sp³-hybridized carbons (Fsp3) is 0.625. The van der Waals surface area contributed by atoms with Crippen LogP contribution in [0.2, 0.25) is 0 Å². The number of benzene rings is 1. The van der Waals surface area contributed by atoms with Crippen molar-refractivity contribution in [3.63, 3.8) is 0 Å². The van der Waals surface area contributed by atoms with Crippen molar-refractivity contribution in [2.45, 2.75) is 50.5 Å². The van der Waals surface area contributed by atoms with Crippen LogP contribution in [0, 0.1) is 0 Å². The minimum Gasteiger partial charge on any atom is -0.300 e. The second kappa shape index (κ2) is 6.58. The first-order chi connectivity index (χ1) is 8.45. The molecule has 100 valence electrons. The number of nitrogens with zero attached hydrogens (tertiary/aromatic N) is 1. The Morgan fingerprint density at radius 3 is 2.22 bits per heavy atom. The Hall–Kier alpha value is -0.530. The van der Waals surface area contributed by atoms with Crippen molar-refractivity contribution < 1.29 is 0 Å². The Bertz CT molecular complexity index is 345. The lowest BCUT2D eigenvalue weighted by molar-refractivity contribution is 0.166. The second-order valence-electron chi connectivity index (χ2n) is 5.61. The van der Waals surface area contributed by atoms with Crippen LogP contribution in [0.15, 0.2) is 30.3 Å². The van der Waals surface area contributed by atoms with Gasteiger partial charge in [-0.1, -0.05) is 43.2 Å². The van der Waals surface area contributed by atoms with Gasteiger partial charge in [0.05, 0.1) is 0 Å². The van der Waals surface area contributed by atoms with E-state index in [0.717, 1.165) is 12.0 Å². The summed E-state index contributed by atoms with van der Waals surface area (Å²) in [6, 6.07) is 12.0. The number of hydrogen-bond acceptors (Lipinski definition) is 1. The molecule has 1 heterocycles. The highest BCUT2D eigenvalue weighted by molar-refractivity contribution is 5.85. The highest BCUT2D eigenvalue weighted by Crippen LogP contribution is 2.37. The molecule has 1 aliphatic heterocycles. The Morgan fingerprint density at radius 2 is 1.50 bits per heavy atom. The third-order valence-electron chi connectivity index (χ3n) is 4.57. The molecule has 0 amide bonds. The van der Waals surface area contributed by atoms with Gasteiger partial charge in [0.15, 0.2) is 0 Å². The summed E-state index contributed by atoms with van der Waals surface area (Å²) in [4.78, 5) is 2.76. The largest absolute Gasteiger partial charge is 0.300 e. The van der Waals surface area contributed by atoms with Crippen molar-refractivity contribution in [3.05, 3.63) is 35.9 Å². The lowest BCUT2D eigenvalue weighted by Crippen LogP contribution is -2.39. The van der Waals surface area contributed by atoms with Gasteiger partial charge >= 0.3 is 0 Å². The molecule has 0 aromatic heterocycles. The number of hydrogen-bond donors (Lipinski definition) is 0. The Balaban J connectivity index is 0.00000120. The predicted octanol–water partition coefficient (Wildman–Crippen LogP) is 4.23. The van der Waals surface area contributed by atoms with Crippen molar-refractivity contribution in [2.24, 2.45) is 0 Å². The van der Waals surface area contributed by atoms with E-state index in [1.165, 1.54) is 51.6 Å². The van der Waals surface area contributed by atoms with Crippen LogP contribution < -0.4 is 0 Å². The Kier molecular flexibility index (Phi) is 5.08. The summed E-state index contributed by atoms with van der Waals surface area (Å²) in [5.74, 6) is 0.794. The van der Waals surface area contributed by atoms with Gasteiger partial charge in [0.25, 0.3) is 0 Å². The molecule has 0 spiro atoms. The second-order valence-corrected chi connectivity index (χ2v) is 5.61. The predicted molar refractivity (Wildman–Crippen MR) is 79.5 cm³/mol. The highest BCUT2D eigenvalue weighted by atomic mass is 35.5. The Labute approximate surface area is 117 Å². The molecule has 3 rings (SSSR count). The summed E-state index contributed by atoms with van der Waals surface area (Å²) in [5, 5.41) is 0. The molecule has 2 aliphatic rings. The van der Waals surface area contributed by atoms with E-state index in [0.29, 0.717) is 0 Å². The zero-order chi connectivity index (χ0) is 11.5. The molecule has 1 aliphatic carbocycles. The molecular weight excluding hydrogens is 242 g/mol. The van der Waals surface area contributed by atoms with E-state index in [-0.39, 0.29) is 12.4 Å². The maximum absolute atomic E-state index is 2.76. The zero-order valence-corrected chi connectivity index (χ0v) is 11.9. The van der Waals surface area contributed by atoms with Crippen molar-refractivity contribution in [3.8, 4) is 0 Å².